The van der Waals surface area contributed by atoms with Gasteiger partial charge in [-0.1, -0.05) is 12.1 Å². The maximum Gasteiger partial charge on any atom is 0.327 e. The van der Waals surface area contributed by atoms with Crippen molar-refractivity contribution in [3.63, 3.8) is 0 Å². The summed E-state index contributed by atoms with van der Waals surface area (Å²) >= 11 is 0. The van der Waals surface area contributed by atoms with Crippen LogP contribution in [-0.2, 0) is 9.53 Å². The number of hydrogen-bond acceptors (Lipinski definition) is 5. The van der Waals surface area contributed by atoms with Gasteiger partial charge >= 0.3 is 11.7 Å². The first-order valence-corrected chi connectivity index (χ1v) is 14.3. The zero-order chi connectivity index (χ0) is 28.5. The molecule has 12 heteroatoms. The maximum atomic E-state index is 14.7. The Balaban J connectivity index is 1.14. The molecular formula is C29H34F2N6O4. The number of nitrogens with zero attached hydrogens (tertiary/aromatic N) is 4. The molecular weight excluding hydrogens is 534 g/mol. The summed E-state index contributed by atoms with van der Waals surface area (Å²) in [6.07, 6.45) is 5.13. The van der Waals surface area contributed by atoms with Gasteiger partial charge in [0, 0.05) is 50.9 Å². The lowest BCUT2D eigenvalue weighted by atomic mass is 9.93. The second kappa shape index (κ2) is 11.6. The fraction of sp³-hybridized carbons (Fsp3) is 0.517. The number of imidazole rings is 1. The molecule has 2 aromatic heterocycles. The van der Waals surface area contributed by atoms with Gasteiger partial charge in [0.05, 0.1) is 11.6 Å². The molecule has 3 fully saturated rings. The third-order valence-corrected chi connectivity index (χ3v) is 8.63. The summed E-state index contributed by atoms with van der Waals surface area (Å²) in [5.74, 6) is -2.45. The van der Waals surface area contributed by atoms with Crippen LogP contribution in [0.4, 0.5) is 13.6 Å². The smallest absolute Gasteiger partial charge is 0.327 e. The molecule has 3 aliphatic heterocycles. The summed E-state index contributed by atoms with van der Waals surface area (Å²) < 4.78 is 36.3. The van der Waals surface area contributed by atoms with Gasteiger partial charge in [-0.25, -0.2) is 23.4 Å². The lowest BCUT2D eigenvalue weighted by Gasteiger charge is -2.34. The van der Waals surface area contributed by atoms with Crippen molar-refractivity contribution in [2.45, 2.75) is 62.6 Å². The predicted molar refractivity (Wildman–Crippen MR) is 146 cm³/mol. The molecule has 3 atom stereocenters. The standard InChI is InChI=1S/C29H34F2N6O4/c30-22-6-1-5-21(25(22)31)18-8-9-23(27(38)36(16-18)17-20-4-3-15-41-20)33-28(39)35-13-10-19(11-14-35)37-24-7-2-12-32-26(24)34-29(37)40/h1-2,5-7,12,18-20,23H,3-4,8-11,13-17H2,(H,33,39)(H,32,34,40). The molecule has 0 bridgehead atoms. The van der Waals surface area contributed by atoms with Gasteiger partial charge in [0.15, 0.2) is 17.3 Å². The van der Waals surface area contributed by atoms with Crippen LogP contribution in [0.2, 0.25) is 0 Å². The third-order valence-electron chi connectivity index (χ3n) is 8.63. The van der Waals surface area contributed by atoms with Crippen LogP contribution in [0.3, 0.4) is 0 Å². The molecule has 6 rings (SSSR count). The Hall–Kier alpha value is -3.80. The summed E-state index contributed by atoms with van der Waals surface area (Å²) in [4.78, 5) is 49.9. The third kappa shape index (κ3) is 5.57. The van der Waals surface area contributed by atoms with Gasteiger partial charge in [-0.15, -0.1) is 0 Å². The van der Waals surface area contributed by atoms with E-state index in [0.29, 0.717) is 57.6 Å². The van der Waals surface area contributed by atoms with Gasteiger partial charge in [0.1, 0.15) is 6.04 Å². The Morgan fingerprint density at radius 1 is 1.07 bits per heavy atom. The number of fused-ring (bicyclic) bond motifs is 1. The molecule has 0 spiro atoms. The quantitative estimate of drug-likeness (QED) is 0.491. The number of halogens is 2. The molecule has 1 aromatic carbocycles. The average molecular weight is 569 g/mol. The Labute approximate surface area is 235 Å². The van der Waals surface area contributed by atoms with Crippen molar-refractivity contribution in [3.8, 4) is 0 Å². The highest BCUT2D eigenvalue weighted by molar-refractivity contribution is 5.87. The zero-order valence-electron chi connectivity index (χ0n) is 22.7. The summed E-state index contributed by atoms with van der Waals surface area (Å²) in [5, 5.41) is 2.92. The zero-order valence-corrected chi connectivity index (χ0v) is 22.7. The number of urea groups is 1. The van der Waals surface area contributed by atoms with Crippen LogP contribution >= 0.6 is 0 Å². The largest absolute Gasteiger partial charge is 0.376 e. The van der Waals surface area contributed by atoms with Crippen LogP contribution in [0.25, 0.3) is 11.2 Å². The van der Waals surface area contributed by atoms with Gasteiger partial charge in [-0.2, -0.15) is 0 Å². The molecule has 3 aliphatic rings. The highest BCUT2D eigenvalue weighted by Crippen LogP contribution is 2.31. The fourth-order valence-electron chi connectivity index (χ4n) is 6.47. The van der Waals surface area contributed by atoms with E-state index in [9.17, 15) is 23.2 Å². The first-order chi connectivity index (χ1) is 19.9. The molecule has 3 amide bonds. The van der Waals surface area contributed by atoms with Crippen LogP contribution in [-0.4, -0.2) is 81.2 Å². The van der Waals surface area contributed by atoms with Gasteiger partial charge in [0.2, 0.25) is 5.91 Å². The van der Waals surface area contributed by atoms with Crippen molar-refractivity contribution in [2.24, 2.45) is 0 Å². The minimum atomic E-state index is -0.914. The predicted octanol–water partition coefficient (Wildman–Crippen LogP) is 3.30. The first-order valence-electron chi connectivity index (χ1n) is 14.3. The normalized spacial score (nSPS) is 24.1. The second-order valence-electron chi connectivity index (χ2n) is 11.2. The van der Waals surface area contributed by atoms with E-state index >= 15 is 0 Å². The summed E-state index contributed by atoms with van der Waals surface area (Å²) in [7, 11) is 0. The summed E-state index contributed by atoms with van der Waals surface area (Å²) in [6.45, 7) is 2.05. The average Bonchev–Trinajstić information content (AvgIpc) is 3.58. The van der Waals surface area contributed by atoms with Crippen molar-refractivity contribution >= 4 is 23.1 Å². The highest BCUT2D eigenvalue weighted by Gasteiger charge is 2.37. The second-order valence-corrected chi connectivity index (χ2v) is 11.2. The van der Waals surface area contributed by atoms with Crippen molar-refractivity contribution < 1.29 is 23.1 Å². The number of carbonyl (C=O) groups excluding carboxylic acids is 2. The van der Waals surface area contributed by atoms with Crippen LogP contribution in [0.15, 0.2) is 41.3 Å². The number of hydrogen-bond donors (Lipinski definition) is 2. The number of likely N-dealkylation sites (tertiary alicyclic amines) is 2. The van der Waals surface area contributed by atoms with Gasteiger partial charge in [-0.05, 0) is 62.3 Å². The molecule has 41 heavy (non-hydrogen) atoms. The van der Waals surface area contributed by atoms with E-state index in [2.05, 4.69) is 15.3 Å². The van der Waals surface area contributed by atoms with Crippen LogP contribution < -0.4 is 11.0 Å². The molecule has 2 N–H and O–H groups in total. The van der Waals surface area contributed by atoms with E-state index < -0.39 is 23.6 Å². The first kappa shape index (κ1) is 27.4. The number of H-pyrrole nitrogens is 1. The van der Waals surface area contributed by atoms with E-state index in [0.717, 1.165) is 24.4 Å². The molecule has 218 valence electrons. The van der Waals surface area contributed by atoms with E-state index in [1.54, 1.807) is 32.7 Å². The Kier molecular flexibility index (Phi) is 7.74. The number of amides is 3. The number of benzene rings is 1. The monoisotopic (exact) mass is 568 g/mol. The molecule has 3 aromatic rings. The maximum absolute atomic E-state index is 14.7. The number of ether oxygens (including phenoxy) is 1. The number of piperidine rings is 1. The van der Waals surface area contributed by atoms with Crippen molar-refractivity contribution in [1.29, 1.82) is 0 Å². The molecule has 3 unspecified atom stereocenters. The lowest BCUT2D eigenvalue weighted by Crippen LogP contribution is -2.53. The minimum Gasteiger partial charge on any atom is -0.376 e. The van der Waals surface area contributed by atoms with Crippen molar-refractivity contribution in [1.82, 2.24) is 29.7 Å². The van der Waals surface area contributed by atoms with Gasteiger partial charge < -0.3 is 19.9 Å². The molecule has 0 aliphatic carbocycles. The number of aromatic amines is 1. The number of aromatic nitrogens is 3. The van der Waals surface area contributed by atoms with Crippen molar-refractivity contribution in [2.75, 3.05) is 32.8 Å². The van der Waals surface area contributed by atoms with E-state index in [1.807, 2.05) is 6.07 Å². The highest BCUT2D eigenvalue weighted by atomic mass is 19.2. The van der Waals surface area contributed by atoms with Crippen molar-refractivity contribution in [3.05, 3.63) is 64.2 Å². The Morgan fingerprint density at radius 3 is 2.68 bits per heavy atom. The fourth-order valence-corrected chi connectivity index (χ4v) is 6.47. The summed E-state index contributed by atoms with van der Waals surface area (Å²) in [6, 6.07) is 6.56. The van der Waals surface area contributed by atoms with E-state index in [1.165, 1.54) is 6.07 Å². The topological polar surface area (TPSA) is 113 Å². The van der Waals surface area contributed by atoms with Gasteiger partial charge in [0.25, 0.3) is 0 Å². The van der Waals surface area contributed by atoms with Crippen LogP contribution in [0, 0.1) is 11.6 Å². The summed E-state index contributed by atoms with van der Waals surface area (Å²) in [5.41, 5.74) is 1.29. The minimum absolute atomic E-state index is 0.0761. The number of pyridine rings is 1. The van der Waals surface area contributed by atoms with Crippen LogP contribution in [0.5, 0.6) is 0 Å². The van der Waals surface area contributed by atoms with Crippen LogP contribution in [0.1, 0.15) is 56.0 Å². The molecule has 5 heterocycles. The lowest BCUT2D eigenvalue weighted by molar-refractivity contribution is -0.134. The SMILES string of the molecule is O=C(NC1CCC(c2cccc(F)c2F)CN(CC2CCCO2)C1=O)N1CCC(n2c(=O)[nH]c3ncccc32)CC1. The molecule has 0 saturated carbocycles. The number of nitrogens with one attached hydrogen (secondary N) is 2. The van der Waals surface area contributed by atoms with E-state index in [-0.39, 0.29) is 41.9 Å². The number of carbonyl (C=O) groups is 2. The number of rotatable bonds is 5. The molecule has 3 saturated heterocycles. The molecule has 0 radical (unpaired) electrons. The van der Waals surface area contributed by atoms with E-state index in [4.69, 9.17) is 4.74 Å². The van der Waals surface area contributed by atoms with Gasteiger partial charge in [-0.3, -0.25) is 14.3 Å². The Morgan fingerprint density at radius 2 is 1.90 bits per heavy atom. The Bertz CT molecular complexity index is 1480. The molecule has 10 nitrogen and oxygen atoms in total.